The molecule has 0 spiro atoms. The third-order valence-corrected chi connectivity index (χ3v) is 1.86. The number of carbonyl (C=O) groups excluding carboxylic acids is 1. The van der Waals surface area contributed by atoms with Gasteiger partial charge in [0.2, 0.25) is 0 Å². The predicted molar refractivity (Wildman–Crippen MR) is 50.9 cm³/mol. The zero-order valence-corrected chi connectivity index (χ0v) is 7.47. The molecule has 70 valence electrons. The number of nitrogens with zero attached hydrogens (tertiary/aromatic N) is 2. The highest BCUT2D eigenvalue weighted by atomic mass is 16.1. The zero-order chi connectivity index (χ0) is 9.80. The van der Waals surface area contributed by atoms with E-state index in [1.165, 1.54) is 0 Å². The summed E-state index contributed by atoms with van der Waals surface area (Å²) < 4.78 is 0. The Hall–Kier alpha value is -1.97. The molecule has 0 aliphatic carbocycles. The average molecular weight is 187 g/mol. The maximum absolute atomic E-state index is 11.6. The Morgan fingerprint density at radius 2 is 2.14 bits per heavy atom. The molecule has 0 saturated carbocycles. The van der Waals surface area contributed by atoms with Crippen molar-refractivity contribution in [2.45, 2.75) is 6.42 Å². The fraction of sp³-hybridized carbons (Fsp3) is 0.100. The molecular weight excluding hydrogens is 178 g/mol. The topological polar surface area (TPSA) is 58.6 Å². The van der Waals surface area contributed by atoms with Crippen molar-refractivity contribution in [1.29, 1.82) is 0 Å². The molecule has 0 aromatic carbocycles. The van der Waals surface area contributed by atoms with Crippen LogP contribution in [0.4, 0.5) is 0 Å². The van der Waals surface area contributed by atoms with Gasteiger partial charge in [0.1, 0.15) is 5.82 Å². The van der Waals surface area contributed by atoms with Crippen molar-refractivity contribution in [2.75, 3.05) is 0 Å². The summed E-state index contributed by atoms with van der Waals surface area (Å²) in [7, 11) is 0. The van der Waals surface area contributed by atoms with Gasteiger partial charge in [0, 0.05) is 30.4 Å². The van der Waals surface area contributed by atoms with E-state index in [1.54, 1.807) is 36.9 Å². The van der Waals surface area contributed by atoms with Crippen molar-refractivity contribution in [3.8, 4) is 0 Å². The van der Waals surface area contributed by atoms with Gasteiger partial charge in [-0.25, -0.2) is 9.97 Å². The molecule has 0 amide bonds. The van der Waals surface area contributed by atoms with Crippen molar-refractivity contribution in [3.63, 3.8) is 0 Å². The first-order chi connectivity index (χ1) is 6.86. The summed E-state index contributed by atoms with van der Waals surface area (Å²) in [4.78, 5) is 22.4. The van der Waals surface area contributed by atoms with Crippen molar-refractivity contribution >= 4 is 5.78 Å². The van der Waals surface area contributed by atoms with Gasteiger partial charge >= 0.3 is 0 Å². The highest BCUT2D eigenvalue weighted by molar-refractivity contribution is 5.96. The lowest BCUT2D eigenvalue weighted by Crippen LogP contribution is -2.05. The van der Waals surface area contributed by atoms with Gasteiger partial charge in [-0.2, -0.15) is 0 Å². The second-order valence-electron chi connectivity index (χ2n) is 2.86. The normalized spacial score (nSPS) is 10.0. The number of hydrogen-bond acceptors (Lipinski definition) is 3. The van der Waals surface area contributed by atoms with Crippen LogP contribution in [0.25, 0.3) is 0 Å². The van der Waals surface area contributed by atoms with Crippen LogP contribution in [0.15, 0.2) is 36.9 Å². The molecule has 2 aromatic heterocycles. The minimum atomic E-state index is 0.0254. The van der Waals surface area contributed by atoms with Crippen molar-refractivity contribution < 1.29 is 4.79 Å². The van der Waals surface area contributed by atoms with Crippen LogP contribution >= 0.6 is 0 Å². The number of H-pyrrole nitrogens is 1. The Morgan fingerprint density at radius 3 is 2.79 bits per heavy atom. The van der Waals surface area contributed by atoms with Gasteiger partial charge in [0.15, 0.2) is 5.78 Å². The Balaban J connectivity index is 2.10. The smallest absolute Gasteiger partial charge is 0.171 e. The summed E-state index contributed by atoms with van der Waals surface area (Å²) in [6, 6.07) is 3.47. The zero-order valence-electron chi connectivity index (χ0n) is 7.47. The summed E-state index contributed by atoms with van der Waals surface area (Å²) in [6.07, 6.45) is 6.91. The molecule has 2 rings (SSSR count). The molecular formula is C10H9N3O. The van der Waals surface area contributed by atoms with E-state index in [1.807, 2.05) is 0 Å². The first-order valence-electron chi connectivity index (χ1n) is 4.28. The van der Waals surface area contributed by atoms with Crippen LogP contribution < -0.4 is 0 Å². The van der Waals surface area contributed by atoms with Crippen LogP contribution in [0.1, 0.15) is 16.2 Å². The Kier molecular flexibility index (Phi) is 2.36. The van der Waals surface area contributed by atoms with Crippen molar-refractivity contribution in [3.05, 3.63) is 48.3 Å². The molecule has 0 bridgehead atoms. The van der Waals surface area contributed by atoms with Gasteiger partial charge in [0.25, 0.3) is 0 Å². The van der Waals surface area contributed by atoms with Gasteiger partial charge in [-0.3, -0.25) is 4.79 Å². The predicted octanol–water partition coefficient (Wildman–Crippen LogP) is 1.23. The number of carbonyl (C=O) groups is 1. The number of aromatic amines is 1. The minimum Gasteiger partial charge on any atom is -0.367 e. The molecule has 0 saturated heterocycles. The van der Waals surface area contributed by atoms with Crippen LogP contribution in [-0.4, -0.2) is 20.7 Å². The van der Waals surface area contributed by atoms with E-state index in [0.717, 1.165) is 0 Å². The molecule has 14 heavy (non-hydrogen) atoms. The number of aromatic nitrogens is 3. The maximum Gasteiger partial charge on any atom is 0.171 e. The molecule has 0 radical (unpaired) electrons. The second-order valence-corrected chi connectivity index (χ2v) is 2.86. The minimum absolute atomic E-state index is 0.0254. The van der Waals surface area contributed by atoms with Gasteiger partial charge < -0.3 is 4.98 Å². The average Bonchev–Trinajstić information content (AvgIpc) is 2.72. The molecule has 4 nitrogen and oxygen atoms in total. The molecule has 0 atom stereocenters. The first kappa shape index (κ1) is 8.62. The van der Waals surface area contributed by atoms with E-state index < -0.39 is 0 Å². The molecule has 1 N–H and O–H groups in total. The van der Waals surface area contributed by atoms with E-state index in [2.05, 4.69) is 15.0 Å². The maximum atomic E-state index is 11.6. The molecule has 4 heteroatoms. The number of rotatable bonds is 3. The SMILES string of the molecule is O=C(Cc1ncccn1)c1cc[nH]c1. The second kappa shape index (κ2) is 3.83. The first-order valence-corrected chi connectivity index (χ1v) is 4.28. The summed E-state index contributed by atoms with van der Waals surface area (Å²) in [6.45, 7) is 0. The van der Waals surface area contributed by atoms with E-state index in [-0.39, 0.29) is 12.2 Å². The van der Waals surface area contributed by atoms with Crippen LogP contribution in [0.3, 0.4) is 0 Å². The van der Waals surface area contributed by atoms with E-state index >= 15 is 0 Å². The van der Waals surface area contributed by atoms with Crippen molar-refractivity contribution in [2.24, 2.45) is 0 Å². The van der Waals surface area contributed by atoms with E-state index in [4.69, 9.17) is 0 Å². The number of Topliss-reactive ketones (excluding diaryl/α,β-unsaturated/α-hetero) is 1. The molecule has 0 aliphatic rings. The van der Waals surface area contributed by atoms with Crippen molar-refractivity contribution in [1.82, 2.24) is 15.0 Å². The Morgan fingerprint density at radius 1 is 1.36 bits per heavy atom. The standard InChI is InChI=1S/C10H9N3O/c14-9(8-2-5-11-7-8)6-10-12-3-1-4-13-10/h1-5,7,11H,6H2. The molecule has 0 unspecified atom stereocenters. The summed E-state index contributed by atoms with van der Waals surface area (Å²) >= 11 is 0. The van der Waals surface area contributed by atoms with Gasteiger partial charge in [-0.05, 0) is 12.1 Å². The molecule has 0 fully saturated rings. The Labute approximate surface area is 81.0 Å². The Bertz CT molecular complexity index is 408. The number of hydrogen-bond donors (Lipinski definition) is 1. The number of nitrogens with one attached hydrogen (secondary N) is 1. The highest BCUT2D eigenvalue weighted by Crippen LogP contribution is 2.02. The van der Waals surface area contributed by atoms with E-state index in [9.17, 15) is 4.79 Å². The number of ketones is 1. The lowest BCUT2D eigenvalue weighted by atomic mass is 10.1. The lowest BCUT2D eigenvalue weighted by Gasteiger charge is -1.95. The van der Waals surface area contributed by atoms with Crippen LogP contribution in [0, 0.1) is 0 Å². The molecule has 0 aliphatic heterocycles. The lowest BCUT2D eigenvalue weighted by molar-refractivity contribution is 0.0991. The van der Waals surface area contributed by atoms with Crippen LogP contribution in [0.5, 0.6) is 0 Å². The largest absolute Gasteiger partial charge is 0.367 e. The quantitative estimate of drug-likeness (QED) is 0.735. The monoisotopic (exact) mass is 187 g/mol. The van der Waals surface area contributed by atoms with Crippen LogP contribution in [-0.2, 0) is 6.42 Å². The van der Waals surface area contributed by atoms with Gasteiger partial charge in [-0.15, -0.1) is 0 Å². The third kappa shape index (κ3) is 1.85. The van der Waals surface area contributed by atoms with Gasteiger partial charge in [0.05, 0.1) is 6.42 Å². The molecule has 2 aromatic rings. The summed E-state index contributed by atoms with van der Waals surface area (Å²) in [5.41, 5.74) is 0.664. The summed E-state index contributed by atoms with van der Waals surface area (Å²) in [5, 5.41) is 0. The third-order valence-electron chi connectivity index (χ3n) is 1.86. The highest BCUT2D eigenvalue weighted by Gasteiger charge is 2.08. The van der Waals surface area contributed by atoms with Crippen LogP contribution in [0.2, 0.25) is 0 Å². The summed E-state index contributed by atoms with van der Waals surface area (Å²) in [5.74, 6) is 0.580. The van der Waals surface area contributed by atoms with E-state index in [0.29, 0.717) is 11.4 Å². The molecule has 2 heterocycles. The fourth-order valence-electron chi connectivity index (χ4n) is 1.16. The fourth-order valence-corrected chi connectivity index (χ4v) is 1.16. The van der Waals surface area contributed by atoms with Gasteiger partial charge in [-0.1, -0.05) is 0 Å².